The van der Waals surface area contributed by atoms with Crippen LogP contribution in [0.3, 0.4) is 0 Å². The molecule has 0 unspecified atom stereocenters. The fourth-order valence-corrected chi connectivity index (χ4v) is 1.36. The molecule has 0 saturated carbocycles. The van der Waals surface area contributed by atoms with E-state index in [1.165, 1.54) is 7.05 Å². The van der Waals surface area contributed by atoms with Gasteiger partial charge in [0.25, 0.3) is 5.56 Å². The Bertz CT molecular complexity index is 511. The van der Waals surface area contributed by atoms with Crippen LogP contribution in [0.2, 0.25) is 0 Å². The molecule has 0 spiro atoms. The molecule has 5 nitrogen and oxygen atoms in total. The van der Waals surface area contributed by atoms with Crippen molar-refractivity contribution in [1.82, 2.24) is 9.47 Å². The highest BCUT2D eigenvalue weighted by Crippen LogP contribution is 2.27. The lowest BCUT2D eigenvalue weighted by Crippen LogP contribution is -2.35. The monoisotopic (exact) mass is 278 g/mol. The van der Waals surface area contributed by atoms with Gasteiger partial charge in [-0.15, -0.1) is 0 Å². The summed E-state index contributed by atoms with van der Waals surface area (Å²) in [7, 11) is 1.39. The van der Waals surface area contributed by atoms with Gasteiger partial charge in [-0.3, -0.25) is 9.59 Å². The van der Waals surface area contributed by atoms with Crippen LogP contribution in [0.1, 0.15) is 5.56 Å². The second kappa shape index (κ2) is 5.87. The lowest BCUT2D eigenvalue weighted by Gasteiger charge is -2.17. The molecule has 106 valence electrons. The molecule has 0 fully saturated rings. The van der Waals surface area contributed by atoms with E-state index in [9.17, 15) is 22.8 Å². The van der Waals surface area contributed by atoms with Crippen LogP contribution in [0.4, 0.5) is 13.2 Å². The number of carbonyl (C=O) groups is 1. The molecular weight excluding hydrogens is 265 g/mol. The van der Waals surface area contributed by atoms with Gasteiger partial charge in [-0.2, -0.15) is 13.2 Å². The number of hydrogen-bond acceptors (Lipinski definition) is 3. The van der Waals surface area contributed by atoms with Crippen molar-refractivity contribution in [3.8, 4) is 0 Å². The summed E-state index contributed by atoms with van der Waals surface area (Å²) in [5.41, 5.74) is -1.69. The highest BCUT2D eigenvalue weighted by Gasteiger charge is 2.31. The highest BCUT2D eigenvalue weighted by atomic mass is 19.4. The van der Waals surface area contributed by atoms with E-state index in [4.69, 9.17) is 5.11 Å². The molecule has 0 aliphatic heterocycles. The molecule has 0 saturated heterocycles. The summed E-state index contributed by atoms with van der Waals surface area (Å²) in [5, 5.41) is 8.65. The van der Waals surface area contributed by atoms with Crippen molar-refractivity contribution in [2.24, 2.45) is 0 Å². The van der Waals surface area contributed by atoms with Crippen LogP contribution in [0.25, 0.3) is 0 Å². The third-order valence-electron chi connectivity index (χ3n) is 2.48. The molecule has 1 rings (SSSR count). The third-order valence-corrected chi connectivity index (χ3v) is 2.48. The fourth-order valence-electron chi connectivity index (χ4n) is 1.36. The Labute approximate surface area is 106 Å². The van der Waals surface area contributed by atoms with Crippen molar-refractivity contribution in [2.45, 2.75) is 12.7 Å². The van der Waals surface area contributed by atoms with E-state index in [1.54, 1.807) is 0 Å². The van der Waals surface area contributed by atoms with Crippen molar-refractivity contribution in [3.05, 3.63) is 34.2 Å². The van der Waals surface area contributed by atoms with Crippen molar-refractivity contribution in [2.75, 3.05) is 20.2 Å². The average molecular weight is 278 g/mol. The van der Waals surface area contributed by atoms with E-state index in [0.717, 1.165) is 11.0 Å². The molecule has 19 heavy (non-hydrogen) atoms. The second-order valence-corrected chi connectivity index (χ2v) is 3.92. The quantitative estimate of drug-likeness (QED) is 0.862. The normalized spacial score (nSPS) is 11.4. The van der Waals surface area contributed by atoms with Gasteiger partial charge in [0, 0.05) is 25.9 Å². The topological polar surface area (TPSA) is 62.5 Å². The van der Waals surface area contributed by atoms with E-state index in [2.05, 4.69) is 0 Å². The first-order valence-electron chi connectivity index (χ1n) is 5.38. The summed E-state index contributed by atoms with van der Waals surface area (Å²) >= 11 is 0. The predicted octanol–water partition coefficient (Wildman–Crippen LogP) is 0.318. The molecular formula is C11H13F3N2O3. The van der Waals surface area contributed by atoms with Gasteiger partial charge in [0.05, 0.1) is 12.2 Å². The van der Waals surface area contributed by atoms with Crippen LogP contribution in [-0.4, -0.2) is 40.7 Å². The molecule has 1 aromatic heterocycles. The standard InChI is InChI=1S/C11H13F3N2O3/c1-15(4-5-17)10(19)7-16-6-8(11(12,13)14)2-3-9(16)18/h2-3,6,17H,4-5,7H2,1H3. The molecule has 1 aromatic rings. The van der Waals surface area contributed by atoms with Crippen LogP contribution >= 0.6 is 0 Å². The van der Waals surface area contributed by atoms with Gasteiger partial charge in [0.2, 0.25) is 5.91 Å². The number of aliphatic hydroxyl groups is 1. The van der Waals surface area contributed by atoms with Gasteiger partial charge >= 0.3 is 6.18 Å². The molecule has 0 bridgehead atoms. The van der Waals surface area contributed by atoms with Crippen molar-refractivity contribution < 1.29 is 23.1 Å². The minimum atomic E-state index is -4.57. The molecule has 0 atom stereocenters. The number of pyridine rings is 1. The maximum atomic E-state index is 12.5. The Balaban J connectivity index is 2.95. The summed E-state index contributed by atoms with van der Waals surface area (Å²) in [6.45, 7) is -0.717. The second-order valence-electron chi connectivity index (χ2n) is 3.92. The van der Waals surface area contributed by atoms with Crippen molar-refractivity contribution in [1.29, 1.82) is 0 Å². The van der Waals surface area contributed by atoms with Gasteiger partial charge in [-0.05, 0) is 6.07 Å². The fraction of sp³-hybridized carbons (Fsp3) is 0.455. The SMILES string of the molecule is CN(CCO)C(=O)Cn1cc(C(F)(F)F)ccc1=O. The van der Waals surface area contributed by atoms with Crippen LogP contribution in [0.5, 0.6) is 0 Å². The number of rotatable bonds is 4. The van der Waals surface area contributed by atoms with Gasteiger partial charge in [-0.1, -0.05) is 0 Å². The largest absolute Gasteiger partial charge is 0.417 e. The minimum Gasteiger partial charge on any atom is -0.395 e. The van der Waals surface area contributed by atoms with Gasteiger partial charge in [0.1, 0.15) is 6.54 Å². The first kappa shape index (κ1) is 15.2. The number of likely N-dealkylation sites (N-methyl/N-ethyl adjacent to an activating group) is 1. The number of amides is 1. The smallest absolute Gasteiger partial charge is 0.395 e. The predicted molar refractivity (Wildman–Crippen MR) is 60.4 cm³/mol. The number of nitrogens with zero attached hydrogens (tertiary/aromatic N) is 2. The van der Waals surface area contributed by atoms with E-state index in [-0.39, 0.29) is 13.2 Å². The average Bonchev–Trinajstić information content (AvgIpc) is 2.30. The molecule has 0 aromatic carbocycles. The summed E-state index contributed by atoms with van der Waals surface area (Å²) in [6.07, 6.45) is -3.97. The maximum Gasteiger partial charge on any atom is 0.417 e. The molecule has 0 aliphatic rings. The molecule has 1 amide bonds. The molecule has 0 aliphatic carbocycles. The number of aliphatic hydroxyl groups excluding tert-OH is 1. The minimum absolute atomic E-state index is 0.0482. The zero-order chi connectivity index (χ0) is 14.6. The first-order valence-corrected chi connectivity index (χ1v) is 5.38. The van der Waals surface area contributed by atoms with E-state index in [0.29, 0.717) is 16.8 Å². The summed E-state index contributed by atoms with van der Waals surface area (Å²) < 4.78 is 38.1. The zero-order valence-electron chi connectivity index (χ0n) is 10.1. The van der Waals surface area contributed by atoms with Crippen LogP contribution in [0, 0.1) is 0 Å². The molecule has 0 radical (unpaired) electrons. The maximum absolute atomic E-state index is 12.5. The first-order chi connectivity index (χ1) is 8.75. The van der Waals surface area contributed by atoms with Gasteiger partial charge in [0.15, 0.2) is 0 Å². The lowest BCUT2D eigenvalue weighted by molar-refractivity contribution is -0.138. The van der Waals surface area contributed by atoms with Crippen LogP contribution in [-0.2, 0) is 17.5 Å². The molecule has 1 N–H and O–H groups in total. The van der Waals surface area contributed by atoms with Gasteiger partial charge in [-0.25, -0.2) is 0 Å². The number of carbonyl (C=O) groups excluding carboxylic acids is 1. The Kier molecular flexibility index (Phi) is 4.71. The zero-order valence-corrected chi connectivity index (χ0v) is 10.1. The number of hydrogen-bond donors (Lipinski definition) is 1. The molecule has 8 heteroatoms. The van der Waals surface area contributed by atoms with E-state index < -0.39 is 29.8 Å². The Morgan fingerprint density at radius 1 is 1.42 bits per heavy atom. The lowest BCUT2D eigenvalue weighted by atomic mass is 10.2. The van der Waals surface area contributed by atoms with Gasteiger partial charge < -0.3 is 14.6 Å². The van der Waals surface area contributed by atoms with Crippen molar-refractivity contribution in [3.63, 3.8) is 0 Å². The summed E-state index contributed by atoms with van der Waals surface area (Å²) in [5.74, 6) is -0.560. The van der Waals surface area contributed by atoms with Crippen LogP contribution < -0.4 is 5.56 Å². The Morgan fingerprint density at radius 3 is 2.58 bits per heavy atom. The van der Waals surface area contributed by atoms with E-state index >= 15 is 0 Å². The summed E-state index contributed by atoms with van der Waals surface area (Å²) in [4.78, 5) is 24.1. The number of alkyl halides is 3. The van der Waals surface area contributed by atoms with Crippen molar-refractivity contribution >= 4 is 5.91 Å². The Morgan fingerprint density at radius 2 is 2.05 bits per heavy atom. The van der Waals surface area contributed by atoms with E-state index in [1.807, 2.05) is 0 Å². The summed E-state index contributed by atoms with van der Waals surface area (Å²) in [6, 6.07) is 1.43. The highest BCUT2D eigenvalue weighted by molar-refractivity contribution is 5.75. The van der Waals surface area contributed by atoms with Crippen LogP contribution in [0.15, 0.2) is 23.1 Å². The third kappa shape index (κ3) is 4.09. The number of halogens is 3. The Hall–Kier alpha value is -1.83. The number of aromatic nitrogens is 1. The molecule has 1 heterocycles.